The van der Waals surface area contributed by atoms with Crippen LogP contribution in [0.4, 0.5) is 4.79 Å². The highest BCUT2D eigenvalue weighted by molar-refractivity contribution is 14.1. The van der Waals surface area contributed by atoms with Crippen LogP contribution in [-0.2, 0) is 4.74 Å². The van der Waals surface area contributed by atoms with Crippen LogP contribution in [0.25, 0.3) is 0 Å². The van der Waals surface area contributed by atoms with Crippen molar-refractivity contribution in [3.05, 3.63) is 58.2 Å². The summed E-state index contributed by atoms with van der Waals surface area (Å²) in [5.74, 6) is 0. The molecule has 1 N–H and O–H groups in total. The number of benzene rings is 2. The molecule has 0 aliphatic carbocycles. The molecule has 6 heteroatoms. The molecular weight excluding hydrogens is 422 g/mol. The molecule has 0 aromatic heterocycles. The molecule has 0 saturated carbocycles. The number of carbonyl (C=O) groups is 1. The van der Waals surface area contributed by atoms with Crippen molar-refractivity contribution in [3.8, 4) is 0 Å². The standard InChI is InChI=1S/C17H20IN2O2P/c1-13(2)19-23(20-17(21)22-3,14-9-5-4-6-10-14)16-12-8-7-11-15(16)18/h4-13,19H,1-3H3. The summed E-state index contributed by atoms with van der Waals surface area (Å²) in [6.45, 7) is 4.11. The average molecular weight is 442 g/mol. The van der Waals surface area contributed by atoms with E-state index in [4.69, 9.17) is 4.74 Å². The topological polar surface area (TPSA) is 50.7 Å². The molecule has 0 bridgehead atoms. The number of halogens is 1. The fourth-order valence-electron chi connectivity index (χ4n) is 2.32. The van der Waals surface area contributed by atoms with E-state index in [1.165, 1.54) is 7.11 Å². The van der Waals surface area contributed by atoms with Gasteiger partial charge in [-0.2, -0.15) is 4.74 Å². The van der Waals surface area contributed by atoms with Crippen LogP contribution in [0.2, 0.25) is 0 Å². The first-order valence-corrected chi connectivity index (χ1v) is 10.1. The Morgan fingerprint density at radius 3 is 2.30 bits per heavy atom. The molecule has 0 radical (unpaired) electrons. The molecule has 1 unspecified atom stereocenters. The van der Waals surface area contributed by atoms with E-state index in [0.29, 0.717) is 0 Å². The van der Waals surface area contributed by atoms with Crippen molar-refractivity contribution in [1.29, 1.82) is 0 Å². The lowest BCUT2D eigenvalue weighted by atomic mass is 10.4. The highest BCUT2D eigenvalue weighted by Crippen LogP contribution is 2.45. The van der Waals surface area contributed by atoms with Crippen LogP contribution in [-0.4, -0.2) is 19.2 Å². The van der Waals surface area contributed by atoms with E-state index in [2.05, 4.69) is 46.3 Å². The van der Waals surface area contributed by atoms with Crippen LogP contribution < -0.4 is 15.7 Å². The Bertz CT molecular complexity index is 732. The normalized spacial score (nSPS) is 13.4. The fraction of sp³-hybridized carbons (Fsp3) is 0.235. The third-order valence-corrected chi connectivity index (χ3v) is 8.04. The molecule has 0 heterocycles. The first kappa shape index (κ1) is 18.2. The molecule has 0 aliphatic heterocycles. The van der Waals surface area contributed by atoms with Gasteiger partial charge in [0, 0.05) is 20.2 Å². The zero-order valence-electron chi connectivity index (χ0n) is 13.4. The maximum absolute atomic E-state index is 12.1. The minimum Gasteiger partial charge on any atom is -0.451 e. The Labute approximate surface area is 150 Å². The summed E-state index contributed by atoms with van der Waals surface area (Å²) in [5.41, 5.74) is 0. The number of hydrogen-bond donors (Lipinski definition) is 1. The third-order valence-electron chi connectivity index (χ3n) is 3.18. The second-order valence-electron chi connectivity index (χ2n) is 5.28. The Hall–Kier alpha value is -1.17. The number of ether oxygens (including phenoxy) is 1. The fourth-order valence-corrected chi connectivity index (χ4v) is 6.96. The number of carbonyl (C=O) groups excluding carboxylic acids is 1. The monoisotopic (exact) mass is 442 g/mol. The quantitative estimate of drug-likeness (QED) is 0.573. The summed E-state index contributed by atoms with van der Waals surface area (Å²) in [6.07, 6.45) is -0.560. The average Bonchev–Trinajstić information content (AvgIpc) is 2.55. The van der Waals surface area contributed by atoms with Crippen molar-refractivity contribution >= 4 is 46.5 Å². The van der Waals surface area contributed by atoms with Gasteiger partial charge in [-0.05, 0) is 42.5 Å². The summed E-state index contributed by atoms with van der Waals surface area (Å²) in [5, 5.41) is 5.61. The van der Waals surface area contributed by atoms with Gasteiger partial charge in [-0.25, -0.2) is 4.79 Å². The SMILES string of the molecule is COC(=O)N=P(NC(C)C)(c1ccccc1)c1ccccc1I. The summed E-state index contributed by atoms with van der Waals surface area (Å²) >= 11 is 2.29. The van der Waals surface area contributed by atoms with Crippen molar-refractivity contribution in [2.45, 2.75) is 19.9 Å². The summed E-state index contributed by atoms with van der Waals surface area (Å²) in [6, 6.07) is 18.1. The summed E-state index contributed by atoms with van der Waals surface area (Å²) < 4.78 is 10.4. The molecule has 0 spiro atoms. The van der Waals surface area contributed by atoms with Gasteiger partial charge in [0.15, 0.2) is 0 Å². The highest BCUT2D eigenvalue weighted by atomic mass is 127. The van der Waals surface area contributed by atoms with Crippen LogP contribution in [0.3, 0.4) is 0 Å². The molecule has 2 aromatic carbocycles. The van der Waals surface area contributed by atoms with Gasteiger partial charge in [-0.1, -0.05) is 48.5 Å². The third kappa shape index (κ3) is 4.22. The van der Waals surface area contributed by atoms with Crippen LogP contribution in [0.1, 0.15) is 13.8 Å². The second kappa shape index (κ2) is 8.08. The molecule has 2 rings (SSSR count). The molecule has 4 nitrogen and oxygen atoms in total. The van der Waals surface area contributed by atoms with Crippen LogP contribution in [0.15, 0.2) is 59.3 Å². The van der Waals surface area contributed by atoms with Crippen molar-refractivity contribution in [2.75, 3.05) is 7.11 Å². The largest absolute Gasteiger partial charge is 0.451 e. The molecule has 122 valence electrons. The van der Waals surface area contributed by atoms with E-state index in [9.17, 15) is 4.79 Å². The molecular formula is C17H20IN2O2P. The number of hydrogen-bond acceptors (Lipinski definition) is 2. The Balaban J connectivity index is 2.83. The minimum atomic E-state index is -2.47. The summed E-state index contributed by atoms with van der Waals surface area (Å²) in [4.78, 5) is 12.1. The van der Waals surface area contributed by atoms with Gasteiger partial charge in [-0.15, -0.1) is 0 Å². The Morgan fingerprint density at radius 1 is 1.13 bits per heavy atom. The smallest absolute Gasteiger partial charge is 0.433 e. The Morgan fingerprint density at radius 2 is 1.74 bits per heavy atom. The van der Waals surface area contributed by atoms with Crippen molar-refractivity contribution in [2.24, 2.45) is 4.74 Å². The minimum absolute atomic E-state index is 0.160. The number of rotatable bonds is 4. The van der Waals surface area contributed by atoms with Crippen molar-refractivity contribution < 1.29 is 9.53 Å². The Kier molecular flexibility index (Phi) is 6.39. The first-order chi connectivity index (χ1) is 11.0. The van der Waals surface area contributed by atoms with Gasteiger partial charge in [0.1, 0.15) is 7.21 Å². The van der Waals surface area contributed by atoms with Gasteiger partial charge < -0.3 is 4.74 Å². The lowest BCUT2D eigenvalue weighted by molar-refractivity contribution is 0.183. The molecule has 0 fully saturated rings. The van der Waals surface area contributed by atoms with E-state index in [-0.39, 0.29) is 6.04 Å². The van der Waals surface area contributed by atoms with Gasteiger partial charge in [-0.3, -0.25) is 5.09 Å². The maximum atomic E-state index is 12.1. The van der Waals surface area contributed by atoms with Gasteiger partial charge in [0.25, 0.3) is 0 Å². The predicted octanol–water partition coefficient (Wildman–Crippen LogP) is 4.12. The number of methoxy groups -OCH3 is 1. The van der Waals surface area contributed by atoms with E-state index < -0.39 is 13.3 Å². The lowest BCUT2D eigenvalue weighted by Gasteiger charge is -2.29. The van der Waals surface area contributed by atoms with E-state index in [0.717, 1.165) is 14.2 Å². The van der Waals surface area contributed by atoms with E-state index >= 15 is 0 Å². The van der Waals surface area contributed by atoms with Gasteiger partial charge >= 0.3 is 6.09 Å². The summed E-state index contributed by atoms with van der Waals surface area (Å²) in [7, 11) is -1.12. The molecule has 1 atom stereocenters. The highest BCUT2D eigenvalue weighted by Gasteiger charge is 2.29. The van der Waals surface area contributed by atoms with Gasteiger partial charge in [0.2, 0.25) is 0 Å². The lowest BCUT2D eigenvalue weighted by Crippen LogP contribution is -2.34. The molecule has 2 aromatic rings. The van der Waals surface area contributed by atoms with Crippen LogP contribution >= 0.6 is 29.8 Å². The molecule has 1 amide bonds. The molecule has 23 heavy (non-hydrogen) atoms. The number of nitrogens with one attached hydrogen (secondary N) is 1. The number of nitrogens with zero attached hydrogens (tertiary/aromatic N) is 1. The zero-order chi connectivity index (χ0) is 16.9. The molecule has 0 aliphatic rings. The maximum Gasteiger partial charge on any atom is 0.433 e. The van der Waals surface area contributed by atoms with Crippen LogP contribution in [0, 0.1) is 3.57 Å². The van der Waals surface area contributed by atoms with Crippen molar-refractivity contribution in [1.82, 2.24) is 5.09 Å². The van der Waals surface area contributed by atoms with E-state index in [1.807, 2.05) is 54.6 Å². The van der Waals surface area contributed by atoms with Gasteiger partial charge in [0.05, 0.1) is 7.11 Å². The van der Waals surface area contributed by atoms with E-state index in [1.54, 1.807) is 0 Å². The second-order valence-corrected chi connectivity index (χ2v) is 9.17. The number of amides is 1. The molecule has 0 saturated heterocycles. The zero-order valence-corrected chi connectivity index (χ0v) is 16.4. The van der Waals surface area contributed by atoms with Crippen LogP contribution in [0.5, 0.6) is 0 Å². The predicted molar refractivity (Wildman–Crippen MR) is 105 cm³/mol. The van der Waals surface area contributed by atoms with Crippen molar-refractivity contribution in [3.63, 3.8) is 0 Å². The first-order valence-electron chi connectivity index (χ1n) is 7.28.